The van der Waals surface area contributed by atoms with E-state index in [1.54, 1.807) is 13.0 Å². The Balaban J connectivity index is 4.54. The van der Waals surface area contributed by atoms with Gasteiger partial charge in [0.2, 0.25) is 6.41 Å². The first kappa shape index (κ1) is 16.1. The van der Waals surface area contributed by atoms with Gasteiger partial charge in [-0.1, -0.05) is 18.6 Å². The molecule has 2 atom stereocenters. The lowest BCUT2D eigenvalue weighted by Gasteiger charge is -2.14. The zero-order valence-corrected chi connectivity index (χ0v) is 11.9. The van der Waals surface area contributed by atoms with Gasteiger partial charge in [0.25, 0.3) is 0 Å². The van der Waals surface area contributed by atoms with Crippen molar-refractivity contribution < 1.29 is 14.3 Å². The molecule has 0 saturated carbocycles. The largest absolute Gasteiger partial charge is 0.464 e. The highest BCUT2D eigenvalue weighted by atomic mass is 31.1. The van der Waals surface area contributed by atoms with Crippen molar-refractivity contribution in [3.8, 4) is 0 Å². The highest BCUT2D eigenvalue weighted by Crippen LogP contribution is 2.31. The van der Waals surface area contributed by atoms with E-state index in [2.05, 4.69) is 18.9 Å². The second kappa shape index (κ2) is 9.17. The summed E-state index contributed by atoms with van der Waals surface area (Å²) >= 11 is 0. The van der Waals surface area contributed by atoms with E-state index in [9.17, 15) is 9.59 Å². The third-order valence-corrected chi connectivity index (χ3v) is 4.42. The summed E-state index contributed by atoms with van der Waals surface area (Å²) in [6, 6.07) is -0.660. The van der Waals surface area contributed by atoms with Crippen LogP contribution in [-0.2, 0) is 14.3 Å². The zero-order valence-electron chi connectivity index (χ0n) is 11.0. The first-order valence-corrected chi connectivity index (χ1v) is 7.93. The normalized spacial score (nSPS) is 14.9. The van der Waals surface area contributed by atoms with Gasteiger partial charge in [-0.2, -0.15) is 0 Å². The first-order chi connectivity index (χ1) is 8.04. The van der Waals surface area contributed by atoms with E-state index in [4.69, 9.17) is 4.74 Å². The fourth-order valence-corrected chi connectivity index (χ4v) is 2.54. The molecule has 98 valence electrons. The fraction of sp³-hybridized carbons (Fsp3) is 0.667. The van der Waals surface area contributed by atoms with Gasteiger partial charge in [-0.15, -0.1) is 7.92 Å². The van der Waals surface area contributed by atoms with Gasteiger partial charge in [-0.05, 0) is 32.8 Å². The maximum absolute atomic E-state index is 11.5. The van der Waals surface area contributed by atoms with Crippen molar-refractivity contribution in [3.05, 3.63) is 11.6 Å². The lowest BCUT2D eigenvalue weighted by molar-refractivity contribution is -0.145. The number of esters is 1. The van der Waals surface area contributed by atoms with Crippen molar-refractivity contribution >= 4 is 20.3 Å². The summed E-state index contributed by atoms with van der Waals surface area (Å²) in [6.07, 6.45) is 4.45. The molecule has 0 aromatic carbocycles. The molecule has 0 aliphatic carbocycles. The van der Waals surface area contributed by atoms with E-state index in [1.807, 2.05) is 6.92 Å². The Morgan fingerprint density at radius 1 is 1.47 bits per heavy atom. The summed E-state index contributed by atoms with van der Waals surface area (Å²) in [6.45, 7) is 8.42. The Morgan fingerprint density at radius 3 is 2.59 bits per heavy atom. The Hall–Kier alpha value is -0.890. The van der Waals surface area contributed by atoms with Gasteiger partial charge in [-0.25, -0.2) is 4.79 Å². The SMILES string of the molecule is CCOC(=O)C(/C=C(\C)CP(C)CC)NC=O. The second-order valence-electron chi connectivity index (χ2n) is 3.86. The summed E-state index contributed by atoms with van der Waals surface area (Å²) in [5.41, 5.74) is 1.12. The van der Waals surface area contributed by atoms with Gasteiger partial charge in [0.15, 0.2) is 0 Å². The van der Waals surface area contributed by atoms with Crippen LogP contribution in [0.15, 0.2) is 11.6 Å². The van der Waals surface area contributed by atoms with Crippen LogP contribution in [0.25, 0.3) is 0 Å². The maximum atomic E-state index is 11.5. The molecule has 0 heterocycles. The molecule has 0 saturated heterocycles. The Labute approximate surface area is 105 Å². The highest BCUT2D eigenvalue weighted by Gasteiger charge is 2.16. The van der Waals surface area contributed by atoms with E-state index in [0.29, 0.717) is 13.0 Å². The van der Waals surface area contributed by atoms with Gasteiger partial charge in [0, 0.05) is 0 Å². The minimum Gasteiger partial charge on any atom is -0.464 e. The topological polar surface area (TPSA) is 55.4 Å². The lowest BCUT2D eigenvalue weighted by atomic mass is 10.2. The molecule has 1 N–H and O–H groups in total. The molecule has 0 aliphatic heterocycles. The number of nitrogens with one attached hydrogen (secondary N) is 1. The van der Waals surface area contributed by atoms with Crippen molar-refractivity contribution in [2.75, 3.05) is 25.6 Å². The number of carbonyl (C=O) groups is 2. The summed E-state index contributed by atoms with van der Waals surface area (Å²) < 4.78 is 4.89. The molecule has 0 bridgehead atoms. The van der Waals surface area contributed by atoms with Crippen molar-refractivity contribution in [3.63, 3.8) is 0 Å². The van der Waals surface area contributed by atoms with Gasteiger partial charge < -0.3 is 10.1 Å². The average Bonchev–Trinajstić information content (AvgIpc) is 2.28. The molecule has 4 nitrogen and oxygen atoms in total. The van der Waals surface area contributed by atoms with Gasteiger partial charge in [0.1, 0.15) is 6.04 Å². The smallest absolute Gasteiger partial charge is 0.332 e. The van der Waals surface area contributed by atoms with E-state index in [1.165, 1.54) is 0 Å². The van der Waals surface area contributed by atoms with Crippen LogP contribution in [0.2, 0.25) is 0 Å². The molecular formula is C12H22NO3P. The second-order valence-corrected chi connectivity index (χ2v) is 6.52. The molecule has 5 heteroatoms. The minimum atomic E-state index is -0.660. The van der Waals surface area contributed by atoms with Gasteiger partial charge in [0.05, 0.1) is 6.61 Å². The average molecular weight is 259 g/mol. The van der Waals surface area contributed by atoms with E-state index in [-0.39, 0.29) is 7.92 Å². The van der Waals surface area contributed by atoms with Crippen LogP contribution in [0.1, 0.15) is 20.8 Å². The molecular weight excluding hydrogens is 237 g/mol. The fourth-order valence-electron chi connectivity index (χ4n) is 1.36. The number of rotatable bonds is 8. The van der Waals surface area contributed by atoms with Gasteiger partial charge in [-0.3, -0.25) is 4.79 Å². The quantitative estimate of drug-likeness (QED) is 0.313. The number of hydrogen-bond donors (Lipinski definition) is 1. The van der Waals surface area contributed by atoms with Gasteiger partial charge >= 0.3 is 5.97 Å². The molecule has 0 aliphatic rings. The number of ether oxygens (including phenoxy) is 1. The molecule has 0 rings (SSSR count). The van der Waals surface area contributed by atoms with Crippen LogP contribution in [0.5, 0.6) is 0 Å². The van der Waals surface area contributed by atoms with Crippen LogP contribution in [0.4, 0.5) is 0 Å². The van der Waals surface area contributed by atoms with E-state index in [0.717, 1.165) is 17.9 Å². The van der Waals surface area contributed by atoms with Crippen LogP contribution in [0.3, 0.4) is 0 Å². The molecule has 0 spiro atoms. The van der Waals surface area contributed by atoms with Crippen molar-refractivity contribution in [1.29, 1.82) is 0 Å². The molecule has 17 heavy (non-hydrogen) atoms. The highest BCUT2D eigenvalue weighted by molar-refractivity contribution is 7.57. The van der Waals surface area contributed by atoms with Crippen LogP contribution in [0, 0.1) is 0 Å². The molecule has 1 amide bonds. The maximum Gasteiger partial charge on any atom is 0.332 e. The molecule has 0 radical (unpaired) electrons. The minimum absolute atomic E-state index is 0.0213. The van der Waals surface area contributed by atoms with Crippen LogP contribution < -0.4 is 5.32 Å². The Bertz CT molecular complexity index is 279. The van der Waals surface area contributed by atoms with Crippen LogP contribution >= 0.6 is 7.92 Å². The molecule has 0 fully saturated rings. The summed E-state index contributed by atoms with van der Waals surface area (Å²) in [4.78, 5) is 22.0. The number of carbonyl (C=O) groups excluding carboxylic acids is 2. The third kappa shape index (κ3) is 7.11. The van der Waals surface area contributed by atoms with Crippen molar-refractivity contribution in [2.24, 2.45) is 0 Å². The van der Waals surface area contributed by atoms with E-state index < -0.39 is 12.0 Å². The van der Waals surface area contributed by atoms with Crippen molar-refractivity contribution in [2.45, 2.75) is 26.8 Å². The summed E-state index contributed by atoms with van der Waals surface area (Å²) in [5, 5.41) is 2.47. The number of allylic oxidation sites excluding steroid dienone is 1. The van der Waals surface area contributed by atoms with Crippen LogP contribution in [-0.4, -0.2) is 44.0 Å². The third-order valence-electron chi connectivity index (χ3n) is 2.30. The number of hydrogen-bond acceptors (Lipinski definition) is 3. The Kier molecular flexibility index (Phi) is 8.69. The molecule has 0 aromatic heterocycles. The predicted molar refractivity (Wildman–Crippen MR) is 71.6 cm³/mol. The number of amides is 1. The monoisotopic (exact) mass is 259 g/mol. The molecule has 2 unspecified atom stereocenters. The van der Waals surface area contributed by atoms with E-state index >= 15 is 0 Å². The first-order valence-electron chi connectivity index (χ1n) is 5.77. The van der Waals surface area contributed by atoms with Crippen molar-refractivity contribution in [1.82, 2.24) is 5.32 Å². The predicted octanol–water partition coefficient (Wildman–Crippen LogP) is 1.74. The summed E-state index contributed by atoms with van der Waals surface area (Å²) in [5.74, 6) is -0.407. The molecule has 0 aromatic rings. The Morgan fingerprint density at radius 2 is 2.12 bits per heavy atom. The summed E-state index contributed by atoms with van der Waals surface area (Å²) in [7, 11) is -0.0213. The zero-order chi connectivity index (χ0) is 13.3. The standard InChI is InChI=1S/C12H22NO3P/c1-5-16-12(15)11(13-9-14)7-10(3)8-17(4)6-2/h7,9,11H,5-6,8H2,1-4H3,(H,13,14)/b10-7+. The lowest BCUT2D eigenvalue weighted by Crippen LogP contribution is -2.35.